The molecule has 0 unspecified atom stereocenters. The smallest absolute Gasteiger partial charge is 0.340 e. The molecule has 2 aromatic rings. The van der Waals surface area contributed by atoms with E-state index in [1.54, 1.807) is 0 Å². The molecule has 27 heavy (non-hydrogen) atoms. The Labute approximate surface area is 154 Å². The highest BCUT2D eigenvalue weighted by Crippen LogP contribution is 2.24. The van der Waals surface area contributed by atoms with E-state index in [2.05, 4.69) is 10.1 Å². The number of ether oxygens (including phenoxy) is 1. The van der Waals surface area contributed by atoms with E-state index in [9.17, 15) is 26.8 Å². The minimum Gasteiger partial charge on any atom is -0.465 e. The molecule has 1 N–H and O–H groups in total. The zero-order valence-corrected chi connectivity index (χ0v) is 15.2. The van der Waals surface area contributed by atoms with Gasteiger partial charge in [0.05, 0.1) is 24.6 Å². The first kappa shape index (κ1) is 20.3. The van der Waals surface area contributed by atoms with Gasteiger partial charge in [-0.15, -0.1) is 0 Å². The van der Waals surface area contributed by atoms with Gasteiger partial charge in [0, 0.05) is 11.8 Å². The monoisotopic (exact) mass is 398 g/mol. The summed E-state index contributed by atoms with van der Waals surface area (Å²) in [5.74, 6) is -3.84. The van der Waals surface area contributed by atoms with Crippen LogP contribution in [0.1, 0.15) is 10.4 Å². The van der Waals surface area contributed by atoms with Gasteiger partial charge in [-0.25, -0.2) is 22.0 Å². The molecule has 1 amide bonds. The molecule has 0 aliphatic heterocycles. The largest absolute Gasteiger partial charge is 0.465 e. The molecule has 0 bridgehead atoms. The van der Waals surface area contributed by atoms with Gasteiger partial charge in [0.2, 0.25) is 15.9 Å². The minimum atomic E-state index is -3.95. The highest BCUT2D eigenvalue weighted by atomic mass is 32.2. The van der Waals surface area contributed by atoms with Gasteiger partial charge in [0.25, 0.3) is 0 Å². The molecule has 2 rings (SSSR count). The predicted octanol–water partition coefficient (Wildman–Crippen LogP) is 2.16. The molecule has 0 saturated heterocycles. The first-order valence-electron chi connectivity index (χ1n) is 7.53. The molecule has 7 nitrogen and oxygen atoms in total. The van der Waals surface area contributed by atoms with E-state index in [0.29, 0.717) is 4.31 Å². The molecular formula is C17H16F2N2O5S. The van der Waals surface area contributed by atoms with Crippen LogP contribution in [0.3, 0.4) is 0 Å². The van der Waals surface area contributed by atoms with E-state index in [-0.39, 0.29) is 16.9 Å². The number of benzene rings is 2. The second kappa shape index (κ2) is 8.12. The van der Waals surface area contributed by atoms with Crippen molar-refractivity contribution in [3.8, 4) is 0 Å². The third-order valence-electron chi connectivity index (χ3n) is 3.47. The molecule has 0 aliphatic rings. The highest BCUT2D eigenvalue weighted by Gasteiger charge is 2.25. The van der Waals surface area contributed by atoms with Crippen LogP contribution in [0, 0.1) is 11.6 Å². The second-order valence-electron chi connectivity index (χ2n) is 5.46. The molecule has 0 saturated carbocycles. The molecule has 2 aromatic carbocycles. The summed E-state index contributed by atoms with van der Waals surface area (Å²) in [5.41, 5.74) is -0.146. The maximum atomic E-state index is 13.2. The average molecular weight is 398 g/mol. The summed E-state index contributed by atoms with van der Waals surface area (Å²) in [7, 11) is -2.82. The Morgan fingerprint density at radius 3 is 2.37 bits per heavy atom. The fraction of sp³-hybridized carbons (Fsp3) is 0.176. The van der Waals surface area contributed by atoms with Crippen LogP contribution in [0.25, 0.3) is 0 Å². The summed E-state index contributed by atoms with van der Waals surface area (Å²) in [5, 5.41) is 2.28. The van der Waals surface area contributed by atoms with Crippen molar-refractivity contribution in [3.05, 3.63) is 59.7 Å². The van der Waals surface area contributed by atoms with Gasteiger partial charge >= 0.3 is 5.97 Å². The van der Waals surface area contributed by atoms with Crippen LogP contribution in [-0.2, 0) is 19.6 Å². The number of hydrogen-bond acceptors (Lipinski definition) is 5. The molecule has 144 valence electrons. The number of para-hydroxylation sites is 1. The van der Waals surface area contributed by atoms with Crippen LogP contribution in [0.5, 0.6) is 0 Å². The Hall–Kier alpha value is -3.01. The molecule has 10 heteroatoms. The second-order valence-corrected chi connectivity index (χ2v) is 7.36. The van der Waals surface area contributed by atoms with Crippen molar-refractivity contribution < 1.29 is 31.5 Å². The lowest BCUT2D eigenvalue weighted by Crippen LogP contribution is -2.38. The molecule has 0 heterocycles. The van der Waals surface area contributed by atoms with Crippen molar-refractivity contribution in [1.82, 2.24) is 0 Å². The van der Waals surface area contributed by atoms with Gasteiger partial charge in [-0.05, 0) is 24.3 Å². The number of sulfonamides is 1. The van der Waals surface area contributed by atoms with Crippen LogP contribution in [0.15, 0.2) is 42.5 Å². The number of nitrogens with one attached hydrogen (secondary N) is 1. The fourth-order valence-electron chi connectivity index (χ4n) is 2.26. The van der Waals surface area contributed by atoms with Crippen molar-refractivity contribution in [2.75, 3.05) is 29.5 Å². The van der Waals surface area contributed by atoms with Crippen LogP contribution >= 0.6 is 0 Å². The molecular weight excluding hydrogens is 382 g/mol. The third-order valence-corrected chi connectivity index (χ3v) is 4.60. The van der Waals surface area contributed by atoms with Crippen LogP contribution in [0.4, 0.5) is 20.2 Å². The molecule has 0 radical (unpaired) electrons. The highest BCUT2D eigenvalue weighted by molar-refractivity contribution is 7.92. The Bertz CT molecular complexity index is 979. The summed E-state index contributed by atoms with van der Waals surface area (Å²) in [6.45, 7) is -0.689. The number of amides is 1. The van der Waals surface area contributed by atoms with E-state index in [1.807, 2.05) is 0 Å². The van der Waals surface area contributed by atoms with Crippen LogP contribution < -0.4 is 9.62 Å². The van der Waals surface area contributed by atoms with Gasteiger partial charge in [-0.3, -0.25) is 9.10 Å². The zero-order chi connectivity index (χ0) is 20.2. The number of halogens is 2. The maximum absolute atomic E-state index is 13.2. The molecule has 0 aliphatic carbocycles. The average Bonchev–Trinajstić information content (AvgIpc) is 2.61. The summed E-state index contributed by atoms with van der Waals surface area (Å²) >= 11 is 0. The number of nitrogens with zero attached hydrogens (tertiary/aromatic N) is 1. The lowest BCUT2D eigenvalue weighted by Gasteiger charge is -2.23. The molecule has 0 aromatic heterocycles. The van der Waals surface area contributed by atoms with Crippen LogP contribution in [-0.4, -0.2) is 40.2 Å². The Balaban J connectivity index is 2.32. The van der Waals surface area contributed by atoms with Crippen molar-refractivity contribution in [2.45, 2.75) is 0 Å². The Kier molecular flexibility index (Phi) is 6.11. The number of rotatable bonds is 6. The molecule has 0 fully saturated rings. The number of anilines is 2. The van der Waals surface area contributed by atoms with E-state index in [0.717, 1.165) is 31.6 Å². The van der Waals surface area contributed by atoms with E-state index < -0.39 is 40.1 Å². The van der Waals surface area contributed by atoms with Gasteiger partial charge in [-0.2, -0.15) is 0 Å². The summed E-state index contributed by atoms with van der Waals surface area (Å²) < 4.78 is 55.9. The number of carbonyl (C=O) groups is 2. The standard InChI is InChI=1S/C17H16F2N2O5S/c1-26-17(23)12-5-3-4-6-15(12)21(27(2,24)25)10-16(22)20-11-7-8-13(18)14(19)9-11/h3-9H,10H2,1-2H3,(H,20,22). The van der Waals surface area contributed by atoms with Crippen molar-refractivity contribution in [2.24, 2.45) is 0 Å². The van der Waals surface area contributed by atoms with Crippen LogP contribution in [0.2, 0.25) is 0 Å². The first-order valence-corrected chi connectivity index (χ1v) is 9.38. The SMILES string of the molecule is COC(=O)c1ccccc1N(CC(=O)Nc1ccc(F)c(F)c1)S(C)(=O)=O. The fourth-order valence-corrected chi connectivity index (χ4v) is 3.13. The quantitative estimate of drug-likeness (QED) is 0.753. The number of esters is 1. The van der Waals surface area contributed by atoms with E-state index in [4.69, 9.17) is 0 Å². The Morgan fingerprint density at radius 2 is 1.78 bits per heavy atom. The maximum Gasteiger partial charge on any atom is 0.340 e. The van der Waals surface area contributed by atoms with Gasteiger partial charge in [0.15, 0.2) is 11.6 Å². The summed E-state index contributed by atoms with van der Waals surface area (Å²) in [6, 6.07) is 8.42. The van der Waals surface area contributed by atoms with Gasteiger partial charge < -0.3 is 10.1 Å². The number of methoxy groups -OCH3 is 1. The van der Waals surface area contributed by atoms with Gasteiger partial charge in [-0.1, -0.05) is 12.1 Å². The third kappa shape index (κ3) is 5.00. The molecule has 0 spiro atoms. The van der Waals surface area contributed by atoms with Gasteiger partial charge in [0.1, 0.15) is 6.54 Å². The van der Waals surface area contributed by atoms with E-state index >= 15 is 0 Å². The predicted molar refractivity (Wildman–Crippen MR) is 95.0 cm³/mol. The number of hydrogen-bond donors (Lipinski definition) is 1. The number of carbonyl (C=O) groups excluding carboxylic acids is 2. The lowest BCUT2D eigenvalue weighted by molar-refractivity contribution is -0.114. The van der Waals surface area contributed by atoms with Crippen molar-refractivity contribution in [1.29, 1.82) is 0 Å². The molecule has 0 atom stereocenters. The Morgan fingerprint density at radius 1 is 1.11 bits per heavy atom. The lowest BCUT2D eigenvalue weighted by atomic mass is 10.2. The van der Waals surface area contributed by atoms with E-state index in [1.165, 1.54) is 24.3 Å². The summed E-state index contributed by atoms with van der Waals surface area (Å²) in [4.78, 5) is 24.1. The normalized spacial score (nSPS) is 11.0. The van der Waals surface area contributed by atoms with Crippen molar-refractivity contribution in [3.63, 3.8) is 0 Å². The first-order chi connectivity index (χ1) is 12.6. The summed E-state index contributed by atoms with van der Waals surface area (Å²) in [6.07, 6.45) is 0.867. The zero-order valence-electron chi connectivity index (χ0n) is 14.4. The topological polar surface area (TPSA) is 92.8 Å². The minimum absolute atomic E-state index is 0.0476. The van der Waals surface area contributed by atoms with Crippen molar-refractivity contribution >= 4 is 33.3 Å².